The molecule has 0 aromatic heterocycles. The fraction of sp³-hybridized carbons (Fsp3) is 0. The van der Waals surface area contributed by atoms with Crippen molar-refractivity contribution in [2.24, 2.45) is 0 Å². The van der Waals surface area contributed by atoms with Gasteiger partial charge in [-0.15, -0.1) is 0 Å². The maximum atomic E-state index is 5.57. The molecule has 0 unspecified atom stereocenters. The lowest BCUT2D eigenvalue weighted by Crippen LogP contribution is -1.65. The second-order valence-electron chi connectivity index (χ2n) is 1.45. The van der Waals surface area contributed by atoms with Crippen molar-refractivity contribution in [1.29, 1.82) is 0 Å². The van der Waals surface area contributed by atoms with Crippen LogP contribution in [-0.2, 0) is 12.6 Å². The van der Waals surface area contributed by atoms with E-state index in [4.69, 9.17) is 24.2 Å². The smallest absolute Gasteiger partial charge is 0.0404 e. The van der Waals surface area contributed by atoms with E-state index in [2.05, 4.69) is 0 Å². The van der Waals surface area contributed by atoms with Crippen LogP contribution in [0.15, 0.2) is 29.2 Å². The van der Waals surface area contributed by atoms with Gasteiger partial charge in [0.15, 0.2) is 0 Å². The minimum atomic E-state index is 0.735. The molecule has 0 atom stereocenters. The lowest BCUT2D eigenvalue weighted by Gasteiger charge is -2.01. The van der Waals surface area contributed by atoms with Crippen molar-refractivity contribution < 1.29 is 0 Å². The Morgan fingerprint density at radius 3 is 2.00 bits per heavy atom. The van der Waals surface area contributed by atoms with Crippen LogP contribution in [0.1, 0.15) is 0 Å². The lowest BCUT2D eigenvalue weighted by atomic mass is 10.4. The van der Waals surface area contributed by atoms with E-state index in [0.717, 1.165) is 9.92 Å². The monoisotopic (exact) mass is 143 g/mol. The third-order valence-electron chi connectivity index (χ3n) is 0.814. The largest absolute Gasteiger partial charge is 0.780 e. The van der Waals surface area contributed by atoms with Crippen LogP contribution in [0.2, 0.25) is 5.02 Å². The summed E-state index contributed by atoms with van der Waals surface area (Å²) in [6.45, 7) is 0. The van der Waals surface area contributed by atoms with Crippen molar-refractivity contribution in [1.82, 2.24) is 0 Å². The average Bonchev–Trinajstić information content (AvgIpc) is 1.77. The molecule has 0 radical (unpaired) electrons. The summed E-state index contributed by atoms with van der Waals surface area (Å²) in [7, 11) is 0. The summed E-state index contributed by atoms with van der Waals surface area (Å²) in [5.41, 5.74) is 0. The fourth-order valence-electron chi connectivity index (χ4n) is 0.435. The fourth-order valence-corrected chi connectivity index (χ4v) is 0.697. The van der Waals surface area contributed by atoms with Gasteiger partial charge in [-0.1, -0.05) is 23.7 Å². The van der Waals surface area contributed by atoms with Gasteiger partial charge < -0.3 is 12.6 Å². The zero-order valence-electron chi connectivity index (χ0n) is 4.10. The van der Waals surface area contributed by atoms with Crippen LogP contribution in [0, 0.1) is 0 Å². The molecule has 0 heterocycles. The van der Waals surface area contributed by atoms with E-state index in [-0.39, 0.29) is 0 Å². The first-order chi connectivity index (χ1) is 3.79. The van der Waals surface area contributed by atoms with E-state index in [1.165, 1.54) is 0 Å². The molecule has 0 fully saturated rings. The van der Waals surface area contributed by atoms with Gasteiger partial charge in [0.1, 0.15) is 0 Å². The molecule has 0 aliphatic carbocycles. The molecule has 0 nitrogen and oxygen atoms in total. The van der Waals surface area contributed by atoms with Crippen LogP contribution < -0.4 is 0 Å². The summed E-state index contributed by atoms with van der Waals surface area (Å²) in [4.78, 5) is 0.828. The Morgan fingerprint density at radius 1 is 1.12 bits per heavy atom. The van der Waals surface area contributed by atoms with Crippen LogP contribution in [0.5, 0.6) is 0 Å². The van der Waals surface area contributed by atoms with Gasteiger partial charge in [0, 0.05) is 5.02 Å². The Balaban J connectivity index is 3.03. The molecule has 2 heteroatoms. The standard InChI is InChI=1S/C6H5ClS/c7-5-1-3-6(8)4-2-5/h1-4,8H/p-1. The first-order valence-corrected chi connectivity index (χ1v) is 3.00. The Bertz CT molecular complexity index is 147. The van der Waals surface area contributed by atoms with Crippen molar-refractivity contribution in [2.75, 3.05) is 0 Å². The first kappa shape index (κ1) is 5.86. The number of hydrogen-bond donors (Lipinski definition) is 0. The Morgan fingerprint density at radius 2 is 1.62 bits per heavy atom. The zero-order chi connectivity index (χ0) is 5.98. The predicted octanol–water partition coefficient (Wildman–Crippen LogP) is 2.25. The minimum absolute atomic E-state index is 0.735. The summed E-state index contributed by atoms with van der Waals surface area (Å²) >= 11 is 10.4. The van der Waals surface area contributed by atoms with E-state index in [0.29, 0.717) is 0 Å². The van der Waals surface area contributed by atoms with E-state index in [9.17, 15) is 0 Å². The highest BCUT2D eigenvalue weighted by Gasteiger charge is 1.77. The van der Waals surface area contributed by atoms with Crippen molar-refractivity contribution in [2.45, 2.75) is 4.90 Å². The topological polar surface area (TPSA) is 0 Å². The van der Waals surface area contributed by atoms with Gasteiger partial charge in [0.25, 0.3) is 0 Å². The van der Waals surface area contributed by atoms with E-state index >= 15 is 0 Å². The quantitative estimate of drug-likeness (QED) is 0.502. The Hall–Kier alpha value is -0.270. The normalized spacial score (nSPS) is 9.12. The summed E-state index contributed by atoms with van der Waals surface area (Å²) in [6.07, 6.45) is 0. The van der Waals surface area contributed by atoms with Gasteiger partial charge in [-0.3, -0.25) is 0 Å². The number of hydrogen-bond acceptors (Lipinski definition) is 1. The van der Waals surface area contributed by atoms with Crippen LogP contribution in [0.4, 0.5) is 0 Å². The van der Waals surface area contributed by atoms with Crippen LogP contribution in [0.25, 0.3) is 0 Å². The van der Waals surface area contributed by atoms with Crippen molar-refractivity contribution >= 4 is 24.2 Å². The Labute approximate surface area is 58.9 Å². The number of benzene rings is 1. The molecule has 1 aromatic carbocycles. The average molecular weight is 144 g/mol. The summed E-state index contributed by atoms with van der Waals surface area (Å²) in [5, 5.41) is 0.735. The van der Waals surface area contributed by atoms with Gasteiger partial charge in [-0.05, 0) is 12.1 Å². The SMILES string of the molecule is [S-]c1ccc(Cl)cc1. The molecular weight excluding hydrogens is 140 g/mol. The maximum Gasteiger partial charge on any atom is 0.0404 e. The van der Waals surface area contributed by atoms with Crippen LogP contribution in [-0.4, -0.2) is 0 Å². The van der Waals surface area contributed by atoms with Crippen LogP contribution in [0.3, 0.4) is 0 Å². The lowest BCUT2D eigenvalue weighted by molar-refractivity contribution is 1.48. The third kappa shape index (κ3) is 1.35. The molecule has 0 saturated carbocycles. The third-order valence-corrected chi connectivity index (χ3v) is 1.34. The van der Waals surface area contributed by atoms with E-state index in [1.807, 2.05) is 0 Å². The van der Waals surface area contributed by atoms with Crippen LogP contribution >= 0.6 is 11.6 Å². The molecule has 0 aliphatic heterocycles. The molecule has 1 aromatic rings. The molecule has 0 amide bonds. The van der Waals surface area contributed by atoms with E-state index < -0.39 is 0 Å². The molecule has 0 aliphatic rings. The second-order valence-corrected chi connectivity index (χ2v) is 2.36. The highest BCUT2D eigenvalue weighted by molar-refractivity contribution is 7.58. The first-order valence-electron chi connectivity index (χ1n) is 2.21. The highest BCUT2D eigenvalue weighted by atomic mass is 35.5. The Kier molecular flexibility index (Phi) is 1.71. The second kappa shape index (κ2) is 2.33. The van der Waals surface area contributed by atoms with E-state index in [1.54, 1.807) is 24.3 Å². The molecule has 0 N–H and O–H groups in total. The predicted molar refractivity (Wildman–Crippen MR) is 37.1 cm³/mol. The van der Waals surface area contributed by atoms with Gasteiger partial charge in [0.2, 0.25) is 0 Å². The highest BCUT2D eigenvalue weighted by Crippen LogP contribution is 2.07. The van der Waals surface area contributed by atoms with Gasteiger partial charge in [-0.2, -0.15) is 4.90 Å². The van der Waals surface area contributed by atoms with Crippen molar-refractivity contribution in [3.05, 3.63) is 29.3 Å². The number of rotatable bonds is 0. The molecule has 1 rings (SSSR count). The minimum Gasteiger partial charge on any atom is -0.780 e. The molecule has 0 spiro atoms. The zero-order valence-corrected chi connectivity index (χ0v) is 5.67. The number of halogens is 1. The maximum absolute atomic E-state index is 5.57. The molecular formula is C6H4ClS-. The summed E-state index contributed by atoms with van der Waals surface area (Å²) < 4.78 is 0. The summed E-state index contributed by atoms with van der Waals surface area (Å²) in [5.74, 6) is 0. The van der Waals surface area contributed by atoms with Gasteiger partial charge >= 0.3 is 0 Å². The van der Waals surface area contributed by atoms with Crippen molar-refractivity contribution in [3.8, 4) is 0 Å². The van der Waals surface area contributed by atoms with Gasteiger partial charge in [-0.25, -0.2) is 0 Å². The summed E-state index contributed by atoms with van der Waals surface area (Å²) in [6, 6.07) is 7.17. The molecule has 0 saturated heterocycles. The molecule has 8 heavy (non-hydrogen) atoms. The van der Waals surface area contributed by atoms with Gasteiger partial charge in [0.05, 0.1) is 0 Å². The molecule has 42 valence electrons. The molecule has 0 bridgehead atoms. The van der Waals surface area contributed by atoms with Crippen molar-refractivity contribution in [3.63, 3.8) is 0 Å².